The number of piperazine rings is 1. The zero-order valence-corrected chi connectivity index (χ0v) is 14.6. The van der Waals surface area contributed by atoms with Gasteiger partial charge in [0, 0.05) is 32.2 Å². The van der Waals surface area contributed by atoms with E-state index in [0.717, 1.165) is 32.4 Å². The highest BCUT2D eigenvalue weighted by atomic mass is 16.5. The van der Waals surface area contributed by atoms with Crippen LogP contribution >= 0.6 is 0 Å². The highest BCUT2D eigenvalue weighted by Crippen LogP contribution is 2.25. The van der Waals surface area contributed by atoms with Crippen molar-refractivity contribution < 1.29 is 14.6 Å². The predicted molar refractivity (Wildman–Crippen MR) is 93.0 cm³/mol. The van der Waals surface area contributed by atoms with Crippen LogP contribution in [0.3, 0.4) is 0 Å². The molecule has 0 spiro atoms. The minimum Gasteiger partial charge on any atom is -0.481 e. The van der Waals surface area contributed by atoms with Crippen molar-refractivity contribution in [3.05, 3.63) is 29.8 Å². The van der Waals surface area contributed by atoms with Crippen molar-refractivity contribution in [2.24, 2.45) is 0 Å². The van der Waals surface area contributed by atoms with Crippen molar-refractivity contribution in [2.75, 3.05) is 26.2 Å². The summed E-state index contributed by atoms with van der Waals surface area (Å²) < 4.78 is 5.72. The first-order valence-electron chi connectivity index (χ1n) is 8.96. The fourth-order valence-electron chi connectivity index (χ4n) is 3.74. The highest BCUT2D eigenvalue weighted by molar-refractivity contribution is 5.81. The molecule has 1 amide bonds. The summed E-state index contributed by atoms with van der Waals surface area (Å²) in [6, 6.07) is 9.09. The fourth-order valence-corrected chi connectivity index (χ4v) is 3.74. The van der Waals surface area contributed by atoms with Crippen LogP contribution in [0.5, 0.6) is 5.75 Å². The number of ether oxygens (including phenoxy) is 1. The number of hydrogen-bond acceptors (Lipinski definition) is 5. The average molecular weight is 343 g/mol. The minimum atomic E-state index is -0.559. The Bertz CT molecular complexity index is 632. The molecule has 1 N–H and O–H groups in total. The zero-order valence-electron chi connectivity index (χ0n) is 14.6. The normalized spacial score (nSPS) is 25.4. The molecular formula is C19H25N3O3. The summed E-state index contributed by atoms with van der Waals surface area (Å²) in [5.41, 5.74) is 0.566. The van der Waals surface area contributed by atoms with Gasteiger partial charge in [-0.3, -0.25) is 9.69 Å². The molecule has 1 aliphatic carbocycles. The van der Waals surface area contributed by atoms with Gasteiger partial charge in [0.15, 0.2) is 6.10 Å². The molecule has 1 aliphatic heterocycles. The molecule has 2 fully saturated rings. The van der Waals surface area contributed by atoms with Gasteiger partial charge in [0.05, 0.1) is 17.7 Å². The summed E-state index contributed by atoms with van der Waals surface area (Å²) in [6.07, 6.45) is 2.24. The van der Waals surface area contributed by atoms with Crippen molar-refractivity contribution in [3.63, 3.8) is 0 Å². The zero-order chi connectivity index (χ0) is 17.8. The van der Waals surface area contributed by atoms with Crippen molar-refractivity contribution in [2.45, 2.75) is 44.4 Å². The van der Waals surface area contributed by atoms with Crippen molar-refractivity contribution in [1.29, 1.82) is 5.26 Å². The molecule has 3 rings (SSSR count). The van der Waals surface area contributed by atoms with E-state index in [0.29, 0.717) is 24.4 Å². The first kappa shape index (κ1) is 17.7. The number of rotatable bonds is 4. The smallest absolute Gasteiger partial charge is 0.263 e. The van der Waals surface area contributed by atoms with E-state index in [2.05, 4.69) is 11.0 Å². The number of carbonyl (C=O) groups excluding carboxylic acids is 1. The molecule has 0 aromatic heterocycles. The molecule has 1 saturated heterocycles. The number of aliphatic hydroxyl groups is 1. The summed E-state index contributed by atoms with van der Waals surface area (Å²) in [5.74, 6) is 0.573. The molecule has 6 heteroatoms. The molecular weight excluding hydrogens is 318 g/mol. The average Bonchev–Trinajstić information content (AvgIpc) is 3.08. The molecule has 1 aromatic rings. The van der Waals surface area contributed by atoms with Gasteiger partial charge in [-0.05, 0) is 50.5 Å². The maximum Gasteiger partial charge on any atom is 0.263 e. The van der Waals surface area contributed by atoms with Crippen molar-refractivity contribution in [3.8, 4) is 11.8 Å². The predicted octanol–water partition coefficient (Wildman–Crippen LogP) is 1.38. The van der Waals surface area contributed by atoms with E-state index < -0.39 is 6.10 Å². The number of aliphatic hydroxyl groups excluding tert-OH is 1. The molecule has 0 unspecified atom stereocenters. The largest absolute Gasteiger partial charge is 0.481 e. The third-order valence-electron chi connectivity index (χ3n) is 5.18. The molecule has 0 bridgehead atoms. The molecule has 6 nitrogen and oxygen atoms in total. The third-order valence-corrected chi connectivity index (χ3v) is 5.18. The maximum atomic E-state index is 12.6. The molecule has 1 aromatic carbocycles. The lowest BCUT2D eigenvalue weighted by molar-refractivity contribution is -0.140. The number of benzene rings is 1. The van der Waals surface area contributed by atoms with Gasteiger partial charge in [-0.15, -0.1) is 0 Å². The highest BCUT2D eigenvalue weighted by Gasteiger charge is 2.34. The van der Waals surface area contributed by atoms with Crippen LogP contribution in [0.2, 0.25) is 0 Å². The van der Waals surface area contributed by atoms with Gasteiger partial charge >= 0.3 is 0 Å². The monoisotopic (exact) mass is 343 g/mol. The number of amides is 1. The van der Waals surface area contributed by atoms with Crippen LogP contribution in [0.4, 0.5) is 0 Å². The second-order valence-electron chi connectivity index (χ2n) is 6.82. The molecule has 1 saturated carbocycles. The summed E-state index contributed by atoms with van der Waals surface area (Å²) in [5, 5.41) is 18.9. The second kappa shape index (κ2) is 7.85. The van der Waals surface area contributed by atoms with Crippen LogP contribution in [-0.2, 0) is 4.79 Å². The molecule has 3 atom stereocenters. The van der Waals surface area contributed by atoms with Gasteiger partial charge in [0.2, 0.25) is 0 Å². The summed E-state index contributed by atoms with van der Waals surface area (Å²) in [6.45, 7) is 4.70. The minimum absolute atomic E-state index is 0.0176. The van der Waals surface area contributed by atoms with E-state index >= 15 is 0 Å². The van der Waals surface area contributed by atoms with E-state index in [4.69, 9.17) is 10.00 Å². The van der Waals surface area contributed by atoms with Crippen molar-refractivity contribution in [1.82, 2.24) is 9.80 Å². The van der Waals surface area contributed by atoms with E-state index in [1.807, 2.05) is 4.90 Å². The lowest BCUT2D eigenvalue weighted by Gasteiger charge is -2.39. The number of nitrogens with zero attached hydrogens (tertiary/aromatic N) is 3. The maximum absolute atomic E-state index is 12.6. The van der Waals surface area contributed by atoms with Crippen LogP contribution in [0, 0.1) is 11.3 Å². The first-order chi connectivity index (χ1) is 12.1. The molecule has 2 aliphatic rings. The van der Waals surface area contributed by atoms with Gasteiger partial charge < -0.3 is 14.7 Å². The summed E-state index contributed by atoms with van der Waals surface area (Å²) in [7, 11) is 0. The Hall–Kier alpha value is -2.10. The molecule has 134 valence electrons. The Kier molecular flexibility index (Phi) is 5.57. The lowest BCUT2D eigenvalue weighted by atomic mass is 10.1. The third kappa shape index (κ3) is 4.12. The van der Waals surface area contributed by atoms with Crippen molar-refractivity contribution >= 4 is 5.91 Å². The van der Waals surface area contributed by atoms with Gasteiger partial charge in [-0.2, -0.15) is 5.26 Å². The number of nitriles is 1. The summed E-state index contributed by atoms with van der Waals surface area (Å²) >= 11 is 0. The Morgan fingerprint density at radius 1 is 1.24 bits per heavy atom. The van der Waals surface area contributed by atoms with Gasteiger partial charge in [0.25, 0.3) is 5.91 Å². The van der Waals surface area contributed by atoms with Crippen LogP contribution in [0.25, 0.3) is 0 Å². The Morgan fingerprint density at radius 3 is 2.48 bits per heavy atom. The van der Waals surface area contributed by atoms with Crippen LogP contribution in [0.15, 0.2) is 24.3 Å². The summed E-state index contributed by atoms with van der Waals surface area (Å²) in [4.78, 5) is 16.8. The van der Waals surface area contributed by atoms with E-state index in [9.17, 15) is 9.90 Å². The molecule has 25 heavy (non-hydrogen) atoms. The second-order valence-corrected chi connectivity index (χ2v) is 6.82. The van der Waals surface area contributed by atoms with Gasteiger partial charge in [0.1, 0.15) is 5.75 Å². The number of carbonyl (C=O) groups is 1. The SMILES string of the molecule is C[C@H](Oc1ccc(C#N)cc1)C(=O)N1CCN([C@H]2CCC[C@H]2O)CC1. The van der Waals surface area contributed by atoms with E-state index in [1.54, 1.807) is 31.2 Å². The van der Waals surface area contributed by atoms with E-state index in [-0.39, 0.29) is 18.1 Å². The van der Waals surface area contributed by atoms with Crippen LogP contribution in [-0.4, -0.2) is 65.2 Å². The van der Waals surface area contributed by atoms with E-state index in [1.165, 1.54) is 0 Å². The molecule has 1 heterocycles. The first-order valence-corrected chi connectivity index (χ1v) is 8.96. The van der Waals surface area contributed by atoms with Crippen LogP contribution in [0.1, 0.15) is 31.7 Å². The number of hydrogen-bond donors (Lipinski definition) is 1. The topological polar surface area (TPSA) is 76.8 Å². The lowest BCUT2D eigenvalue weighted by Crippen LogP contribution is -2.55. The standard InChI is InChI=1S/C19H25N3O3/c1-14(25-16-7-5-15(13-20)6-8-16)19(24)22-11-9-21(10-12-22)17-3-2-4-18(17)23/h5-8,14,17-18,23H,2-4,9-12H2,1H3/t14-,17-,18+/m0/s1. The fraction of sp³-hybridized carbons (Fsp3) is 0.579. The van der Waals surface area contributed by atoms with Gasteiger partial charge in [-0.1, -0.05) is 0 Å². The quantitative estimate of drug-likeness (QED) is 0.894. The Labute approximate surface area is 148 Å². The molecule has 0 radical (unpaired) electrons. The Morgan fingerprint density at radius 2 is 1.92 bits per heavy atom. The Balaban J connectivity index is 1.50. The van der Waals surface area contributed by atoms with Crippen LogP contribution < -0.4 is 4.74 Å². The van der Waals surface area contributed by atoms with Gasteiger partial charge in [-0.25, -0.2) is 0 Å².